The van der Waals surface area contributed by atoms with Crippen LogP contribution in [0.15, 0.2) is 10.7 Å². The molecule has 5 heteroatoms. The van der Waals surface area contributed by atoms with E-state index in [1.165, 1.54) is 13.2 Å². The van der Waals surface area contributed by atoms with E-state index >= 15 is 0 Å². The van der Waals surface area contributed by atoms with Crippen LogP contribution in [0.2, 0.25) is 0 Å². The zero-order chi connectivity index (χ0) is 11.4. The lowest BCUT2D eigenvalue weighted by Crippen LogP contribution is -2.10. The summed E-state index contributed by atoms with van der Waals surface area (Å²) in [4.78, 5) is 15.2. The van der Waals surface area contributed by atoms with Crippen LogP contribution in [-0.2, 0) is 11.2 Å². The number of aromatic nitrogens is 1. The maximum absolute atomic E-state index is 13.2. The van der Waals surface area contributed by atoms with Crippen LogP contribution in [0.1, 0.15) is 29.4 Å². The number of ether oxygens (including phenoxy) is 1. The Morgan fingerprint density at radius 1 is 1.67 bits per heavy atom. The summed E-state index contributed by atoms with van der Waals surface area (Å²) in [6.45, 7) is 1.95. The Morgan fingerprint density at radius 2 is 2.33 bits per heavy atom. The van der Waals surface area contributed by atoms with Crippen LogP contribution >= 0.6 is 15.9 Å². The second kappa shape index (κ2) is 5.21. The third-order valence-electron chi connectivity index (χ3n) is 1.91. The molecule has 0 aliphatic heterocycles. The van der Waals surface area contributed by atoms with Crippen molar-refractivity contribution >= 4 is 21.9 Å². The minimum Gasteiger partial charge on any atom is -0.464 e. The van der Waals surface area contributed by atoms with Gasteiger partial charge in [-0.2, -0.15) is 0 Å². The Balaban J connectivity index is 3.21. The van der Waals surface area contributed by atoms with E-state index in [0.717, 1.165) is 6.42 Å². The van der Waals surface area contributed by atoms with Crippen molar-refractivity contribution in [2.45, 2.75) is 19.8 Å². The Bertz CT molecular complexity index is 382. The Hall–Kier alpha value is -0.970. The second-order valence-electron chi connectivity index (χ2n) is 3.01. The monoisotopic (exact) mass is 275 g/mol. The molecular weight excluding hydrogens is 265 g/mol. The molecule has 0 aliphatic carbocycles. The number of aryl methyl sites for hydroxylation is 1. The fraction of sp³-hybridized carbons (Fsp3) is 0.400. The van der Waals surface area contributed by atoms with Gasteiger partial charge < -0.3 is 4.74 Å². The van der Waals surface area contributed by atoms with Crippen LogP contribution < -0.4 is 0 Å². The summed E-state index contributed by atoms with van der Waals surface area (Å²) in [5.41, 5.74) is 0.748. The van der Waals surface area contributed by atoms with Crippen molar-refractivity contribution in [2.24, 2.45) is 0 Å². The predicted molar refractivity (Wildman–Crippen MR) is 57.2 cm³/mol. The summed E-state index contributed by atoms with van der Waals surface area (Å²) in [5.74, 6) is -1.01. The quantitative estimate of drug-likeness (QED) is 0.629. The molecule has 0 radical (unpaired) electrons. The minimum absolute atomic E-state index is 0.0303. The number of hydrogen-bond acceptors (Lipinski definition) is 3. The van der Waals surface area contributed by atoms with E-state index in [2.05, 4.69) is 25.7 Å². The third-order valence-corrected chi connectivity index (χ3v) is 2.47. The van der Waals surface area contributed by atoms with Gasteiger partial charge >= 0.3 is 5.97 Å². The number of hydrogen-bond donors (Lipinski definition) is 0. The van der Waals surface area contributed by atoms with Gasteiger partial charge in [0, 0.05) is 0 Å². The molecule has 0 spiro atoms. The molecule has 1 heterocycles. The number of nitrogens with zero attached hydrogens (tertiary/aromatic N) is 1. The fourth-order valence-electron chi connectivity index (χ4n) is 1.24. The number of halogens is 2. The maximum atomic E-state index is 13.2. The summed E-state index contributed by atoms with van der Waals surface area (Å²) < 4.78 is 17.8. The number of rotatable bonds is 3. The van der Waals surface area contributed by atoms with E-state index in [9.17, 15) is 9.18 Å². The lowest BCUT2D eigenvalue weighted by Gasteiger charge is -2.06. The third kappa shape index (κ3) is 2.75. The highest BCUT2D eigenvalue weighted by Crippen LogP contribution is 2.18. The molecule has 1 aromatic heterocycles. The number of carbonyl (C=O) groups excluding carboxylic acids is 1. The summed E-state index contributed by atoms with van der Waals surface area (Å²) in [6.07, 6.45) is 1.41. The van der Waals surface area contributed by atoms with Crippen LogP contribution in [-0.4, -0.2) is 18.1 Å². The van der Waals surface area contributed by atoms with Crippen molar-refractivity contribution in [1.29, 1.82) is 0 Å². The highest BCUT2D eigenvalue weighted by molar-refractivity contribution is 9.10. The molecule has 0 unspecified atom stereocenters. The standard InChI is InChI=1S/C10H11BrFNO2/c1-3-4-6-5-7(12)9(11)13-8(6)10(14)15-2/h5H,3-4H2,1-2H3. The zero-order valence-corrected chi connectivity index (χ0v) is 10.1. The summed E-state index contributed by atoms with van der Waals surface area (Å²) >= 11 is 2.93. The van der Waals surface area contributed by atoms with E-state index in [1.807, 2.05) is 6.92 Å². The fourth-order valence-corrected chi connectivity index (χ4v) is 1.53. The largest absolute Gasteiger partial charge is 0.464 e. The first-order chi connectivity index (χ1) is 7.10. The van der Waals surface area contributed by atoms with Crippen molar-refractivity contribution in [2.75, 3.05) is 7.11 Å². The molecule has 0 atom stereocenters. The number of esters is 1. The van der Waals surface area contributed by atoms with Crippen LogP contribution in [0.4, 0.5) is 4.39 Å². The molecule has 0 fully saturated rings. The van der Waals surface area contributed by atoms with Crippen LogP contribution in [0.25, 0.3) is 0 Å². The summed E-state index contributed by atoms with van der Waals surface area (Å²) in [7, 11) is 1.27. The van der Waals surface area contributed by atoms with E-state index in [-0.39, 0.29) is 10.3 Å². The van der Waals surface area contributed by atoms with Gasteiger partial charge in [-0.15, -0.1) is 0 Å². The van der Waals surface area contributed by atoms with Gasteiger partial charge in [-0.05, 0) is 34.0 Å². The molecule has 3 nitrogen and oxygen atoms in total. The maximum Gasteiger partial charge on any atom is 0.356 e. The number of methoxy groups -OCH3 is 1. The first kappa shape index (κ1) is 12.1. The van der Waals surface area contributed by atoms with Crippen molar-refractivity contribution < 1.29 is 13.9 Å². The highest BCUT2D eigenvalue weighted by Gasteiger charge is 2.16. The van der Waals surface area contributed by atoms with Crippen molar-refractivity contribution in [3.8, 4) is 0 Å². The lowest BCUT2D eigenvalue weighted by molar-refractivity contribution is 0.0592. The summed E-state index contributed by atoms with van der Waals surface area (Å²) in [5, 5.41) is 0. The topological polar surface area (TPSA) is 39.2 Å². The summed E-state index contributed by atoms with van der Waals surface area (Å²) in [6, 6.07) is 1.31. The van der Waals surface area contributed by atoms with Gasteiger partial charge in [0.05, 0.1) is 7.11 Å². The average Bonchev–Trinajstić information content (AvgIpc) is 2.22. The predicted octanol–water partition coefficient (Wildman–Crippen LogP) is 2.72. The van der Waals surface area contributed by atoms with Crippen molar-refractivity contribution in [3.05, 3.63) is 27.7 Å². The van der Waals surface area contributed by atoms with E-state index in [1.54, 1.807) is 0 Å². The normalized spacial score (nSPS) is 10.1. The lowest BCUT2D eigenvalue weighted by atomic mass is 10.1. The molecule has 0 bridgehead atoms. The van der Waals surface area contributed by atoms with E-state index in [0.29, 0.717) is 12.0 Å². The van der Waals surface area contributed by atoms with Gasteiger partial charge in [0.1, 0.15) is 4.60 Å². The Kier molecular flexibility index (Phi) is 4.20. The Labute approximate surface area is 95.8 Å². The van der Waals surface area contributed by atoms with Gasteiger partial charge in [-0.1, -0.05) is 13.3 Å². The van der Waals surface area contributed by atoms with E-state index < -0.39 is 11.8 Å². The van der Waals surface area contributed by atoms with Crippen LogP contribution in [0, 0.1) is 5.82 Å². The molecule has 0 aliphatic rings. The molecule has 0 N–H and O–H groups in total. The molecule has 0 saturated heterocycles. The molecule has 0 saturated carbocycles. The molecule has 0 amide bonds. The van der Waals surface area contributed by atoms with E-state index in [4.69, 9.17) is 0 Å². The molecule has 1 aromatic rings. The van der Waals surface area contributed by atoms with Gasteiger partial charge in [-0.3, -0.25) is 0 Å². The molecule has 15 heavy (non-hydrogen) atoms. The Morgan fingerprint density at radius 3 is 2.87 bits per heavy atom. The van der Waals surface area contributed by atoms with Gasteiger partial charge in [-0.25, -0.2) is 14.2 Å². The van der Waals surface area contributed by atoms with Gasteiger partial charge in [0.15, 0.2) is 11.5 Å². The zero-order valence-electron chi connectivity index (χ0n) is 8.51. The number of pyridine rings is 1. The van der Waals surface area contributed by atoms with Crippen LogP contribution in [0.3, 0.4) is 0 Å². The second-order valence-corrected chi connectivity index (χ2v) is 3.76. The number of carbonyl (C=O) groups is 1. The van der Waals surface area contributed by atoms with Crippen molar-refractivity contribution in [3.63, 3.8) is 0 Å². The minimum atomic E-state index is -0.542. The van der Waals surface area contributed by atoms with Gasteiger partial charge in [0.25, 0.3) is 0 Å². The molecular formula is C10H11BrFNO2. The average molecular weight is 276 g/mol. The SMILES string of the molecule is CCCc1cc(F)c(Br)nc1C(=O)OC. The highest BCUT2D eigenvalue weighted by atomic mass is 79.9. The first-order valence-electron chi connectivity index (χ1n) is 4.53. The molecule has 82 valence electrons. The molecule has 0 aromatic carbocycles. The van der Waals surface area contributed by atoms with Crippen molar-refractivity contribution in [1.82, 2.24) is 4.98 Å². The van der Waals surface area contributed by atoms with Crippen LogP contribution in [0.5, 0.6) is 0 Å². The first-order valence-corrected chi connectivity index (χ1v) is 5.32. The van der Waals surface area contributed by atoms with Gasteiger partial charge in [0.2, 0.25) is 0 Å². The smallest absolute Gasteiger partial charge is 0.356 e. The molecule has 1 rings (SSSR count).